The van der Waals surface area contributed by atoms with Gasteiger partial charge in [0.25, 0.3) is 0 Å². The third kappa shape index (κ3) is 4.74. The second-order valence-electron chi connectivity index (χ2n) is 6.51. The van der Waals surface area contributed by atoms with E-state index in [1.807, 2.05) is 41.5 Å². The fourth-order valence-corrected chi connectivity index (χ4v) is 2.43. The lowest BCUT2D eigenvalue weighted by molar-refractivity contribution is 0.188. The Hall–Kier alpha value is -1.56. The molecule has 0 aliphatic heterocycles. The molecule has 1 rings (SSSR count). The Bertz CT molecular complexity index is 457. The molecule has 0 spiro atoms. The van der Waals surface area contributed by atoms with Gasteiger partial charge in [0, 0.05) is 18.2 Å². The number of carbonyl (C=O) groups is 1. The Morgan fingerprint density at radius 3 is 2.38 bits per heavy atom. The molecule has 0 radical (unpaired) electrons. The van der Waals surface area contributed by atoms with Crippen LogP contribution in [0.3, 0.4) is 0 Å². The van der Waals surface area contributed by atoms with Crippen LogP contribution in [0.1, 0.15) is 57.2 Å². The summed E-state index contributed by atoms with van der Waals surface area (Å²) in [5.41, 5.74) is 1.56. The number of aliphatic hydroxyl groups is 1. The van der Waals surface area contributed by atoms with Crippen LogP contribution in [0.5, 0.6) is 0 Å². The number of hydrogen-bond acceptors (Lipinski definition) is 4. The van der Waals surface area contributed by atoms with Gasteiger partial charge in [0.2, 0.25) is 0 Å². The summed E-state index contributed by atoms with van der Waals surface area (Å²) in [5.74, 6) is 0.711. The van der Waals surface area contributed by atoms with Gasteiger partial charge in [0.1, 0.15) is 5.76 Å². The molecule has 0 unspecified atom stereocenters. The molecule has 6 nitrogen and oxygen atoms in total. The normalized spacial score (nSPS) is 14.6. The van der Waals surface area contributed by atoms with Crippen molar-refractivity contribution < 1.29 is 14.4 Å². The van der Waals surface area contributed by atoms with Crippen molar-refractivity contribution in [1.82, 2.24) is 15.8 Å². The largest absolute Gasteiger partial charge is 0.396 e. The summed E-state index contributed by atoms with van der Waals surface area (Å²) in [6, 6.07) is -0.541. The Labute approximate surface area is 126 Å². The number of nitrogens with zero attached hydrogens (tertiary/aromatic N) is 1. The molecule has 1 aromatic heterocycles. The van der Waals surface area contributed by atoms with E-state index in [4.69, 9.17) is 9.63 Å². The van der Waals surface area contributed by atoms with E-state index < -0.39 is 0 Å². The first-order chi connectivity index (χ1) is 9.66. The van der Waals surface area contributed by atoms with Gasteiger partial charge in [-0.05, 0) is 32.6 Å². The van der Waals surface area contributed by atoms with Crippen LogP contribution >= 0.6 is 0 Å². The van der Waals surface area contributed by atoms with Gasteiger partial charge in [-0.25, -0.2) is 4.79 Å². The minimum absolute atomic E-state index is 0.0433. The second kappa shape index (κ2) is 6.93. The van der Waals surface area contributed by atoms with Gasteiger partial charge in [-0.3, -0.25) is 0 Å². The van der Waals surface area contributed by atoms with E-state index in [0.717, 1.165) is 11.3 Å². The molecule has 0 aliphatic carbocycles. The summed E-state index contributed by atoms with van der Waals surface area (Å²) in [6.45, 7) is 11.7. The number of aromatic nitrogens is 1. The fraction of sp³-hybridized carbons (Fsp3) is 0.733. The van der Waals surface area contributed by atoms with Crippen LogP contribution in [0, 0.1) is 19.3 Å². The predicted molar refractivity (Wildman–Crippen MR) is 81.0 cm³/mol. The standard InChI is InChI=1S/C15H27N3O3/c1-9(13-10(2)18-21-11(13)3)16-14(20)17-12(7-8-19)15(4,5)6/h9,12,19H,7-8H2,1-6H3,(H2,16,17,20)/t9-,12+/m0/s1. The molecule has 0 saturated carbocycles. The first-order valence-electron chi connectivity index (χ1n) is 7.27. The van der Waals surface area contributed by atoms with Gasteiger partial charge in [0.05, 0.1) is 11.7 Å². The Balaban J connectivity index is 2.68. The lowest BCUT2D eigenvalue weighted by atomic mass is 9.85. The molecule has 3 N–H and O–H groups in total. The lowest BCUT2D eigenvalue weighted by Gasteiger charge is -2.31. The van der Waals surface area contributed by atoms with Crippen LogP contribution in [0.25, 0.3) is 0 Å². The monoisotopic (exact) mass is 297 g/mol. The van der Waals surface area contributed by atoms with E-state index in [2.05, 4.69) is 15.8 Å². The van der Waals surface area contributed by atoms with Crippen molar-refractivity contribution in [3.8, 4) is 0 Å². The number of urea groups is 1. The molecule has 0 aliphatic rings. The maximum absolute atomic E-state index is 12.1. The fourth-order valence-electron chi connectivity index (χ4n) is 2.43. The Kier molecular flexibility index (Phi) is 5.78. The highest BCUT2D eigenvalue weighted by Gasteiger charge is 2.26. The third-order valence-corrected chi connectivity index (χ3v) is 3.64. The van der Waals surface area contributed by atoms with Gasteiger partial charge in [-0.15, -0.1) is 0 Å². The van der Waals surface area contributed by atoms with Crippen LogP contribution in [0.15, 0.2) is 4.52 Å². The summed E-state index contributed by atoms with van der Waals surface area (Å²) in [7, 11) is 0. The van der Waals surface area contributed by atoms with Crippen molar-refractivity contribution in [2.45, 2.75) is 60.0 Å². The van der Waals surface area contributed by atoms with E-state index in [1.165, 1.54) is 0 Å². The molecule has 0 bridgehead atoms. The molecule has 21 heavy (non-hydrogen) atoms. The zero-order chi connectivity index (χ0) is 16.2. The number of nitrogens with one attached hydrogen (secondary N) is 2. The minimum atomic E-state index is -0.254. The first-order valence-corrected chi connectivity index (χ1v) is 7.27. The van der Waals surface area contributed by atoms with Crippen molar-refractivity contribution in [2.75, 3.05) is 6.61 Å². The molecule has 6 heteroatoms. The Morgan fingerprint density at radius 2 is 1.95 bits per heavy atom. The first kappa shape index (κ1) is 17.5. The molecule has 0 saturated heterocycles. The summed E-state index contributed by atoms with van der Waals surface area (Å²) < 4.78 is 5.12. The van der Waals surface area contributed by atoms with Gasteiger partial charge in [-0.1, -0.05) is 25.9 Å². The highest BCUT2D eigenvalue weighted by Crippen LogP contribution is 2.23. The number of rotatable bonds is 5. The van der Waals surface area contributed by atoms with Crippen molar-refractivity contribution in [2.24, 2.45) is 5.41 Å². The molecule has 2 atom stereocenters. The highest BCUT2D eigenvalue weighted by molar-refractivity contribution is 5.74. The average Bonchev–Trinajstić information content (AvgIpc) is 2.67. The SMILES string of the molecule is Cc1noc(C)c1[C@H](C)NC(=O)N[C@H](CCO)C(C)(C)C. The summed E-state index contributed by atoms with van der Waals surface area (Å²) in [6.07, 6.45) is 0.524. The quantitative estimate of drug-likeness (QED) is 0.779. The Morgan fingerprint density at radius 1 is 1.33 bits per heavy atom. The van der Waals surface area contributed by atoms with Crippen LogP contribution in [-0.2, 0) is 0 Å². The van der Waals surface area contributed by atoms with Crippen molar-refractivity contribution >= 4 is 6.03 Å². The maximum Gasteiger partial charge on any atom is 0.315 e. The topological polar surface area (TPSA) is 87.4 Å². The van der Waals surface area contributed by atoms with E-state index in [9.17, 15) is 4.79 Å². The predicted octanol–water partition coefficient (Wildman–Crippen LogP) is 2.45. The van der Waals surface area contributed by atoms with Crippen LogP contribution < -0.4 is 10.6 Å². The summed E-state index contributed by atoms with van der Waals surface area (Å²) in [4.78, 5) is 12.1. The molecular formula is C15H27N3O3. The summed E-state index contributed by atoms with van der Waals surface area (Å²) in [5, 5.41) is 18.8. The van der Waals surface area contributed by atoms with Crippen LogP contribution in [0.2, 0.25) is 0 Å². The number of aliphatic hydroxyl groups excluding tert-OH is 1. The third-order valence-electron chi connectivity index (χ3n) is 3.64. The zero-order valence-corrected chi connectivity index (χ0v) is 13.8. The van der Waals surface area contributed by atoms with Crippen LogP contribution in [0.4, 0.5) is 4.79 Å². The average molecular weight is 297 g/mol. The van der Waals surface area contributed by atoms with Gasteiger partial charge < -0.3 is 20.3 Å². The van der Waals surface area contributed by atoms with Gasteiger partial charge >= 0.3 is 6.03 Å². The van der Waals surface area contributed by atoms with Crippen molar-refractivity contribution in [3.05, 3.63) is 17.0 Å². The number of hydrogen-bond donors (Lipinski definition) is 3. The van der Waals surface area contributed by atoms with E-state index in [1.54, 1.807) is 0 Å². The maximum atomic E-state index is 12.1. The van der Waals surface area contributed by atoms with E-state index in [0.29, 0.717) is 12.2 Å². The number of amides is 2. The van der Waals surface area contributed by atoms with E-state index in [-0.39, 0.29) is 30.1 Å². The molecule has 2 amide bonds. The second-order valence-corrected chi connectivity index (χ2v) is 6.51. The van der Waals surface area contributed by atoms with Crippen molar-refractivity contribution in [3.63, 3.8) is 0 Å². The molecular weight excluding hydrogens is 270 g/mol. The number of aryl methyl sites for hydroxylation is 2. The van der Waals surface area contributed by atoms with Crippen molar-refractivity contribution in [1.29, 1.82) is 0 Å². The lowest BCUT2D eigenvalue weighted by Crippen LogP contribution is -2.49. The van der Waals surface area contributed by atoms with Crippen LogP contribution in [-0.4, -0.2) is 28.9 Å². The minimum Gasteiger partial charge on any atom is -0.396 e. The molecule has 120 valence electrons. The van der Waals surface area contributed by atoms with Gasteiger partial charge in [0.15, 0.2) is 0 Å². The van der Waals surface area contributed by atoms with E-state index >= 15 is 0 Å². The molecule has 0 fully saturated rings. The highest BCUT2D eigenvalue weighted by atomic mass is 16.5. The molecule has 0 aromatic carbocycles. The summed E-state index contributed by atoms with van der Waals surface area (Å²) >= 11 is 0. The van der Waals surface area contributed by atoms with Gasteiger partial charge in [-0.2, -0.15) is 0 Å². The molecule has 1 aromatic rings. The smallest absolute Gasteiger partial charge is 0.315 e. The molecule has 1 heterocycles. The zero-order valence-electron chi connectivity index (χ0n) is 13.8. The number of carbonyl (C=O) groups excluding carboxylic acids is 1.